The molecule has 1 atom stereocenters. The standard InChI is InChI=1S/C28H40FN3O3S/c1-31(2)25-19-30-24-9-8-20(35-3)18-22(24)26(25)23(29)10-11-28(27(33)34)12-14-32(15-13-28)16-17-36-21-6-4-5-7-21/h8-9,18-19,21,23H,4-7,10-17H2,1-3H3,(H,33,34). The number of hydrogen-bond donors (Lipinski definition) is 1. The molecule has 0 bridgehead atoms. The molecule has 2 aromatic rings. The number of nitrogens with zero attached hydrogens (tertiary/aromatic N) is 3. The van der Waals surface area contributed by atoms with Crippen LogP contribution in [0.25, 0.3) is 10.9 Å². The number of likely N-dealkylation sites (tertiary alicyclic amines) is 1. The van der Waals surface area contributed by atoms with Crippen molar-refractivity contribution in [2.45, 2.75) is 62.8 Å². The molecule has 2 heterocycles. The van der Waals surface area contributed by atoms with Crippen LogP contribution < -0.4 is 9.64 Å². The number of piperidine rings is 1. The van der Waals surface area contributed by atoms with E-state index in [1.807, 2.05) is 37.2 Å². The van der Waals surface area contributed by atoms with Gasteiger partial charge in [-0.05, 0) is 69.8 Å². The summed E-state index contributed by atoms with van der Waals surface area (Å²) in [5.74, 6) is 0.973. The number of fused-ring (bicyclic) bond motifs is 1. The molecule has 4 rings (SSSR count). The van der Waals surface area contributed by atoms with E-state index in [-0.39, 0.29) is 6.42 Å². The largest absolute Gasteiger partial charge is 0.497 e. The summed E-state index contributed by atoms with van der Waals surface area (Å²) in [5.41, 5.74) is 1.11. The van der Waals surface area contributed by atoms with Gasteiger partial charge >= 0.3 is 5.97 Å². The maximum atomic E-state index is 16.0. The summed E-state index contributed by atoms with van der Waals surface area (Å²) in [4.78, 5) is 21.2. The number of aromatic nitrogens is 1. The number of carboxylic acids is 1. The highest BCUT2D eigenvalue weighted by atomic mass is 32.2. The molecule has 1 aliphatic carbocycles. The molecule has 0 amide bonds. The molecule has 1 aromatic heterocycles. The molecule has 1 aliphatic heterocycles. The quantitative estimate of drug-likeness (QED) is 0.395. The molecule has 2 fully saturated rings. The van der Waals surface area contributed by atoms with Crippen molar-refractivity contribution in [1.29, 1.82) is 0 Å². The Morgan fingerprint density at radius 3 is 2.67 bits per heavy atom. The molecule has 0 radical (unpaired) electrons. The number of hydrogen-bond acceptors (Lipinski definition) is 6. The third-order valence-corrected chi connectivity index (χ3v) is 9.46. The lowest BCUT2D eigenvalue weighted by Crippen LogP contribution is -2.45. The Kier molecular flexibility index (Phi) is 8.99. The smallest absolute Gasteiger partial charge is 0.309 e. The molecule has 1 N–H and O–H groups in total. The monoisotopic (exact) mass is 517 g/mol. The number of pyridine rings is 1. The van der Waals surface area contributed by atoms with Crippen LogP contribution in [0.4, 0.5) is 10.1 Å². The zero-order valence-electron chi connectivity index (χ0n) is 21.8. The van der Waals surface area contributed by atoms with E-state index in [2.05, 4.69) is 21.6 Å². The SMILES string of the molecule is COc1ccc2ncc(N(C)C)c(C(F)CCC3(C(=O)O)CCN(CCSC4CCCC4)CC3)c2c1. The van der Waals surface area contributed by atoms with Crippen LogP contribution in [0, 0.1) is 5.41 Å². The minimum atomic E-state index is -1.29. The number of aliphatic carboxylic acids is 1. The van der Waals surface area contributed by atoms with Crippen LogP contribution in [0.1, 0.15) is 63.1 Å². The van der Waals surface area contributed by atoms with E-state index < -0.39 is 17.6 Å². The first kappa shape index (κ1) is 27.0. The van der Waals surface area contributed by atoms with Gasteiger partial charge in [-0.1, -0.05) is 12.8 Å². The van der Waals surface area contributed by atoms with Crippen LogP contribution in [0.5, 0.6) is 5.75 Å². The number of anilines is 1. The van der Waals surface area contributed by atoms with Gasteiger partial charge in [0.25, 0.3) is 0 Å². The summed E-state index contributed by atoms with van der Waals surface area (Å²) in [6, 6.07) is 5.48. The second-order valence-corrected chi connectivity index (χ2v) is 12.0. The Bertz CT molecular complexity index is 1040. The highest BCUT2D eigenvalue weighted by Gasteiger charge is 2.42. The van der Waals surface area contributed by atoms with Gasteiger partial charge in [-0.3, -0.25) is 9.78 Å². The summed E-state index contributed by atoms with van der Waals surface area (Å²) < 4.78 is 21.4. The molecular weight excluding hydrogens is 477 g/mol. The summed E-state index contributed by atoms with van der Waals surface area (Å²) in [7, 11) is 5.34. The molecule has 1 unspecified atom stereocenters. The topological polar surface area (TPSA) is 65.9 Å². The fourth-order valence-corrected chi connectivity index (χ4v) is 7.08. The number of carbonyl (C=O) groups is 1. The normalized spacial score (nSPS) is 19.4. The van der Waals surface area contributed by atoms with E-state index in [1.54, 1.807) is 13.3 Å². The van der Waals surface area contributed by atoms with Crippen molar-refractivity contribution in [1.82, 2.24) is 9.88 Å². The number of methoxy groups -OCH3 is 1. The number of benzene rings is 1. The Morgan fingerprint density at radius 1 is 1.31 bits per heavy atom. The third kappa shape index (κ3) is 6.08. The molecular formula is C28H40FN3O3S. The molecule has 6 nitrogen and oxygen atoms in total. The third-order valence-electron chi connectivity index (χ3n) is 8.10. The maximum absolute atomic E-state index is 16.0. The van der Waals surface area contributed by atoms with E-state index in [4.69, 9.17) is 4.74 Å². The first-order valence-electron chi connectivity index (χ1n) is 13.2. The van der Waals surface area contributed by atoms with Crippen LogP contribution in [0.15, 0.2) is 24.4 Å². The van der Waals surface area contributed by atoms with Crippen LogP contribution >= 0.6 is 11.8 Å². The fraction of sp³-hybridized carbons (Fsp3) is 0.643. The van der Waals surface area contributed by atoms with Gasteiger partial charge in [0.2, 0.25) is 0 Å². The average molecular weight is 518 g/mol. The molecule has 0 spiro atoms. The van der Waals surface area contributed by atoms with E-state index in [0.717, 1.165) is 30.6 Å². The summed E-state index contributed by atoms with van der Waals surface area (Å²) in [5, 5.41) is 11.7. The molecule has 2 aliphatic rings. The Morgan fingerprint density at radius 2 is 2.03 bits per heavy atom. The Hall–Kier alpha value is -2.06. The number of halogens is 1. The van der Waals surface area contributed by atoms with Crippen molar-refractivity contribution >= 4 is 34.3 Å². The van der Waals surface area contributed by atoms with Gasteiger partial charge in [-0.2, -0.15) is 11.8 Å². The van der Waals surface area contributed by atoms with Gasteiger partial charge in [0.15, 0.2) is 0 Å². The number of alkyl halides is 1. The van der Waals surface area contributed by atoms with Crippen molar-refractivity contribution in [3.8, 4) is 5.75 Å². The van der Waals surface area contributed by atoms with Crippen molar-refractivity contribution in [3.63, 3.8) is 0 Å². The zero-order chi connectivity index (χ0) is 25.7. The molecule has 36 heavy (non-hydrogen) atoms. The predicted molar refractivity (Wildman–Crippen MR) is 146 cm³/mol. The first-order chi connectivity index (χ1) is 17.3. The lowest BCUT2D eigenvalue weighted by Gasteiger charge is -2.39. The van der Waals surface area contributed by atoms with E-state index in [0.29, 0.717) is 47.2 Å². The Labute approximate surface area is 218 Å². The van der Waals surface area contributed by atoms with Crippen molar-refractivity contribution in [2.75, 3.05) is 51.5 Å². The van der Waals surface area contributed by atoms with E-state index in [1.165, 1.54) is 25.7 Å². The van der Waals surface area contributed by atoms with Crippen LogP contribution in [0.2, 0.25) is 0 Å². The van der Waals surface area contributed by atoms with Crippen LogP contribution in [-0.4, -0.2) is 72.8 Å². The highest BCUT2D eigenvalue weighted by Crippen LogP contribution is 2.43. The number of ether oxygens (including phenoxy) is 1. The fourth-order valence-electron chi connectivity index (χ4n) is 5.72. The van der Waals surface area contributed by atoms with Gasteiger partial charge in [0, 0.05) is 42.6 Å². The average Bonchev–Trinajstić information content (AvgIpc) is 3.40. The number of thioether (sulfide) groups is 1. The van der Waals surface area contributed by atoms with Crippen LogP contribution in [0.3, 0.4) is 0 Å². The van der Waals surface area contributed by atoms with E-state index >= 15 is 4.39 Å². The molecule has 198 valence electrons. The highest BCUT2D eigenvalue weighted by molar-refractivity contribution is 7.99. The molecule has 1 saturated heterocycles. The lowest BCUT2D eigenvalue weighted by atomic mass is 9.74. The Balaban J connectivity index is 1.42. The van der Waals surface area contributed by atoms with Crippen molar-refractivity contribution < 1.29 is 19.0 Å². The second kappa shape index (κ2) is 12.0. The second-order valence-electron chi connectivity index (χ2n) is 10.5. The number of carboxylic acid groups (broad SMARTS) is 1. The lowest BCUT2D eigenvalue weighted by molar-refractivity contribution is -0.153. The van der Waals surface area contributed by atoms with Gasteiger partial charge in [-0.25, -0.2) is 4.39 Å². The summed E-state index contributed by atoms with van der Waals surface area (Å²) in [6.45, 7) is 2.55. The summed E-state index contributed by atoms with van der Waals surface area (Å²) in [6.07, 6.45) is 7.45. The van der Waals surface area contributed by atoms with Gasteiger partial charge in [-0.15, -0.1) is 0 Å². The maximum Gasteiger partial charge on any atom is 0.309 e. The predicted octanol–water partition coefficient (Wildman–Crippen LogP) is 5.94. The van der Waals surface area contributed by atoms with Gasteiger partial charge in [0.05, 0.1) is 29.9 Å². The molecule has 1 saturated carbocycles. The van der Waals surface area contributed by atoms with Gasteiger partial charge in [0.1, 0.15) is 11.9 Å². The number of rotatable bonds is 11. The first-order valence-corrected chi connectivity index (χ1v) is 14.2. The molecule has 1 aromatic carbocycles. The van der Waals surface area contributed by atoms with Crippen molar-refractivity contribution in [2.24, 2.45) is 5.41 Å². The van der Waals surface area contributed by atoms with Crippen molar-refractivity contribution in [3.05, 3.63) is 30.0 Å². The minimum absolute atomic E-state index is 0.168. The molecule has 8 heteroatoms. The minimum Gasteiger partial charge on any atom is -0.497 e. The zero-order valence-corrected chi connectivity index (χ0v) is 22.7. The van der Waals surface area contributed by atoms with E-state index in [9.17, 15) is 9.90 Å². The van der Waals surface area contributed by atoms with Crippen LogP contribution in [-0.2, 0) is 4.79 Å². The van der Waals surface area contributed by atoms with Gasteiger partial charge < -0.3 is 19.6 Å². The summed E-state index contributed by atoms with van der Waals surface area (Å²) >= 11 is 2.08.